The van der Waals surface area contributed by atoms with E-state index in [9.17, 15) is 0 Å². The van der Waals surface area contributed by atoms with Gasteiger partial charge in [-0.3, -0.25) is 0 Å². The molecule has 0 heterocycles. The van der Waals surface area contributed by atoms with E-state index in [2.05, 4.69) is 69.4 Å². The van der Waals surface area contributed by atoms with Crippen LogP contribution < -0.4 is 10.1 Å². The Kier molecular flexibility index (Phi) is 5.88. The zero-order chi connectivity index (χ0) is 15.9. The molecule has 22 heavy (non-hydrogen) atoms. The molecule has 1 N–H and O–H groups in total. The highest BCUT2D eigenvalue weighted by molar-refractivity contribution is 5.58. The average molecular weight is 297 g/mol. The molecule has 0 amide bonds. The molecule has 0 fully saturated rings. The maximum Gasteiger partial charge on any atom is 0.119 e. The predicted octanol–water partition coefficient (Wildman–Crippen LogP) is 5.40. The van der Waals surface area contributed by atoms with Gasteiger partial charge >= 0.3 is 0 Å². The van der Waals surface area contributed by atoms with Gasteiger partial charge in [-0.05, 0) is 56.0 Å². The molecular weight excluding hydrogens is 270 g/mol. The number of unbranched alkanes of at least 4 members (excludes halogenated alkanes) is 1. The van der Waals surface area contributed by atoms with E-state index in [0.29, 0.717) is 0 Å². The summed E-state index contributed by atoms with van der Waals surface area (Å²) in [6.07, 6.45) is 2.27. The van der Waals surface area contributed by atoms with Crippen LogP contribution in [0.5, 0.6) is 5.75 Å². The van der Waals surface area contributed by atoms with E-state index in [0.717, 1.165) is 31.7 Å². The minimum absolute atomic E-state index is 0.801. The fraction of sp³-hybridized carbons (Fsp3) is 0.400. The van der Waals surface area contributed by atoms with Gasteiger partial charge < -0.3 is 10.1 Å². The molecule has 2 rings (SSSR count). The number of hydrogen-bond acceptors (Lipinski definition) is 2. The molecule has 0 unspecified atom stereocenters. The lowest BCUT2D eigenvalue weighted by atomic mass is 10.0. The van der Waals surface area contributed by atoms with Crippen LogP contribution in [0.4, 0.5) is 5.69 Å². The maximum atomic E-state index is 5.70. The van der Waals surface area contributed by atoms with Gasteiger partial charge in [0.25, 0.3) is 0 Å². The SMILES string of the molecule is CCCCOc1ccc(CNc2c(C)cc(C)cc2C)cc1. The molecule has 118 valence electrons. The van der Waals surface area contributed by atoms with Gasteiger partial charge in [0, 0.05) is 12.2 Å². The minimum Gasteiger partial charge on any atom is -0.494 e. The van der Waals surface area contributed by atoms with Crippen LogP contribution in [-0.4, -0.2) is 6.61 Å². The Morgan fingerprint density at radius 1 is 0.955 bits per heavy atom. The Bertz CT molecular complexity index is 579. The quantitative estimate of drug-likeness (QED) is 0.691. The Labute approximate surface area is 134 Å². The zero-order valence-electron chi connectivity index (χ0n) is 14.2. The van der Waals surface area contributed by atoms with Crippen LogP contribution in [0.1, 0.15) is 42.0 Å². The van der Waals surface area contributed by atoms with Crippen molar-refractivity contribution in [2.45, 2.75) is 47.1 Å². The van der Waals surface area contributed by atoms with Crippen LogP contribution in [-0.2, 0) is 6.54 Å². The summed E-state index contributed by atoms with van der Waals surface area (Å²) in [5, 5.41) is 3.56. The molecule has 0 bridgehead atoms. The van der Waals surface area contributed by atoms with Gasteiger partial charge in [0.05, 0.1) is 6.61 Å². The lowest BCUT2D eigenvalue weighted by Gasteiger charge is -2.14. The largest absolute Gasteiger partial charge is 0.494 e. The number of ether oxygens (including phenoxy) is 1. The van der Waals surface area contributed by atoms with Gasteiger partial charge in [-0.15, -0.1) is 0 Å². The summed E-state index contributed by atoms with van der Waals surface area (Å²) in [4.78, 5) is 0. The van der Waals surface area contributed by atoms with Gasteiger partial charge in [-0.25, -0.2) is 0 Å². The smallest absolute Gasteiger partial charge is 0.119 e. The van der Waals surface area contributed by atoms with Crippen molar-refractivity contribution in [3.63, 3.8) is 0 Å². The Balaban J connectivity index is 1.94. The second kappa shape index (κ2) is 7.88. The van der Waals surface area contributed by atoms with E-state index in [1.54, 1.807) is 0 Å². The fourth-order valence-corrected chi connectivity index (χ4v) is 2.69. The molecule has 0 aliphatic rings. The third kappa shape index (κ3) is 4.52. The third-order valence-corrected chi connectivity index (χ3v) is 3.84. The molecule has 2 aromatic carbocycles. The summed E-state index contributed by atoms with van der Waals surface area (Å²) in [6, 6.07) is 12.8. The number of rotatable bonds is 7. The lowest BCUT2D eigenvalue weighted by molar-refractivity contribution is 0.309. The Morgan fingerprint density at radius 3 is 2.18 bits per heavy atom. The molecule has 0 saturated carbocycles. The van der Waals surface area contributed by atoms with Crippen molar-refractivity contribution in [2.75, 3.05) is 11.9 Å². The molecule has 2 nitrogen and oxygen atoms in total. The van der Waals surface area contributed by atoms with Crippen LogP contribution in [0.25, 0.3) is 0 Å². The van der Waals surface area contributed by atoms with Gasteiger partial charge in [-0.2, -0.15) is 0 Å². The zero-order valence-corrected chi connectivity index (χ0v) is 14.2. The molecule has 0 aromatic heterocycles. The van der Waals surface area contributed by atoms with Gasteiger partial charge in [0.15, 0.2) is 0 Å². The van der Waals surface area contributed by atoms with Gasteiger partial charge in [0.1, 0.15) is 5.75 Å². The van der Waals surface area contributed by atoms with E-state index in [4.69, 9.17) is 4.74 Å². The van der Waals surface area contributed by atoms with Gasteiger partial charge in [-0.1, -0.05) is 43.2 Å². The standard InChI is InChI=1S/C20H27NO/c1-5-6-11-22-19-9-7-18(8-10-19)14-21-20-16(3)12-15(2)13-17(20)4/h7-10,12-13,21H,5-6,11,14H2,1-4H3. The lowest BCUT2D eigenvalue weighted by Crippen LogP contribution is -2.03. The Morgan fingerprint density at radius 2 is 1.59 bits per heavy atom. The fourth-order valence-electron chi connectivity index (χ4n) is 2.69. The van der Waals surface area contributed by atoms with Crippen molar-refractivity contribution >= 4 is 5.69 Å². The molecular formula is C20H27NO. The summed E-state index contributed by atoms with van der Waals surface area (Å²) < 4.78 is 5.70. The van der Waals surface area contributed by atoms with E-state index in [1.807, 2.05) is 0 Å². The highest BCUT2D eigenvalue weighted by Gasteiger charge is 2.03. The monoisotopic (exact) mass is 297 g/mol. The normalized spacial score (nSPS) is 10.5. The summed E-state index contributed by atoms with van der Waals surface area (Å²) in [6.45, 7) is 10.3. The molecule has 0 atom stereocenters. The third-order valence-electron chi connectivity index (χ3n) is 3.84. The van der Waals surface area contributed by atoms with Crippen molar-refractivity contribution < 1.29 is 4.74 Å². The van der Waals surface area contributed by atoms with Crippen molar-refractivity contribution in [1.29, 1.82) is 0 Å². The number of nitrogens with one attached hydrogen (secondary N) is 1. The first-order valence-electron chi connectivity index (χ1n) is 8.13. The number of hydrogen-bond donors (Lipinski definition) is 1. The van der Waals surface area contributed by atoms with E-state index >= 15 is 0 Å². The van der Waals surface area contributed by atoms with Crippen LogP contribution in [0, 0.1) is 20.8 Å². The van der Waals surface area contributed by atoms with Crippen molar-refractivity contribution in [2.24, 2.45) is 0 Å². The first kappa shape index (κ1) is 16.4. The first-order chi connectivity index (χ1) is 10.6. The summed E-state index contributed by atoms with van der Waals surface area (Å²) in [5.41, 5.74) is 6.43. The van der Waals surface area contributed by atoms with Crippen molar-refractivity contribution in [3.05, 3.63) is 58.7 Å². The molecule has 2 aromatic rings. The van der Waals surface area contributed by atoms with Crippen LogP contribution in [0.15, 0.2) is 36.4 Å². The number of aryl methyl sites for hydroxylation is 3. The topological polar surface area (TPSA) is 21.3 Å². The second-order valence-corrected chi connectivity index (χ2v) is 5.97. The van der Waals surface area contributed by atoms with E-state index < -0.39 is 0 Å². The highest BCUT2D eigenvalue weighted by atomic mass is 16.5. The maximum absolute atomic E-state index is 5.70. The number of benzene rings is 2. The molecule has 0 spiro atoms. The van der Waals surface area contributed by atoms with Crippen molar-refractivity contribution in [3.8, 4) is 5.75 Å². The first-order valence-corrected chi connectivity index (χ1v) is 8.13. The summed E-state index contributed by atoms with van der Waals surface area (Å²) in [5.74, 6) is 0.958. The van der Waals surface area contributed by atoms with E-state index in [1.165, 1.54) is 27.9 Å². The van der Waals surface area contributed by atoms with Crippen molar-refractivity contribution in [1.82, 2.24) is 0 Å². The average Bonchev–Trinajstić information content (AvgIpc) is 2.48. The van der Waals surface area contributed by atoms with Crippen LogP contribution in [0.3, 0.4) is 0 Å². The summed E-state index contributed by atoms with van der Waals surface area (Å²) in [7, 11) is 0. The summed E-state index contributed by atoms with van der Waals surface area (Å²) >= 11 is 0. The Hall–Kier alpha value is -1.96. The minimum atomic E-state index is 0.801. The second-order valence-electron chi connectivity index (χ2n) is 5.97. The predicted molar refractivity (Wildman–Crippen MR) is 94.8 cm³/mol. The molecule has 0 aliphatic carbocycles. The van der Waals surface area contributed by atoms with Gasteiger partial charge in [0.2, 0.25) is 0 Å². The molecule has 0 radical (unpaired) electrons. The molecule has 0 aliphatic heterocycles. The van der Waals surface area contributed by atoms with Crippen LogP contribution >= 0.6 is 0 Å². The molecule has 0 saturated heterocycles. The molecule has 2 heteroatoms. The van der Waals surface area contributed by atoms with E-state index in [-0.39, 0.29) is 0 Å². The van der Waals surface area contributed by atoms with Crippen LogP contribution in [0.2, 0.25) is 0 Å². The highest BCUT2D eigenvalue weighted by Crippen LogP contribution is 2.23. The number of anilines is 1.